The fourth-order valence-corrected chi connectivity index (χ4v) is 9.62. The number of nitrogen functional groups attached to an aromatic ring is 1. The number of amides is 4. The second-order valence-corrected chi connectivity index (χ2v) is 23.6. The number of carbonyl (C=O) groups excluding carboxylic acids is 3. The number of carbonyl (C=O) groups is 3. The molecule has 0 bridgehead atoms. The number of methoxy groups -OCH3 is 3. The number of H-pyrrole nitrogens is 1. The number of nitro groups is 2. The first kappa shape index (κ1) is 90.6. The maximum absolute atomic E-state index is 13.7. The zero-order valence-corrected chi connectivity index (χ0v) is 64.5. The first-order valence-electron chi connectivity index (χ1n) is 29.3. The van der Waals surface area contributed by atoms with Crippen LogP contribution in [0.15, 0.2) is 102 Å². The number of fused-ring (bicyclic) bond motifs is 1. The number of aromatic nitrogens is 10. The molecule has 4 amide bonds. The number of urea groups is 1. The molecule has 9 heterocycles. The average molecular weight is 1570 g/mol. The Kier molecular flexibility index (Phi) is 36.9. The van der Waals surface area contributed by atoms with Gasteiger partial charge in [-0.05, 0) is 85.6 Å². The molecule has 0 spiro atoms. The molecule has 9 rings (SSSR count). The van der Waals surface area contributed by atoms with Gasteiger partial charge in [0, 0.05) is 49.2 Å². The first-order chi connectivity index (χ1) is 48.3. The molecular weight excluding hydrogens is 1510 g/mol. The van der Waals surface area contributed by atoms with Gasteiger partial charge < -0.3 is 36.1 Å². The van der Waals surface area contributed by atoms with Gasteiger partial charge in [0.15, 0.2) is 38.6 Å². The van der Waals surface area contributed by atoms with Crippen LogP contribution in [0.3, 0.4) is 0 Å². The van der Waals surface area contributed by atoms with Crippen LogP contribution in [0.5, 0.6) is 17.2 Å². The zero-order chi connectivity index (χ0) is 78.2. The van der Waals surface area contributed by atoms with Gasteiger partial charge in [-0.25, -0.2) is 52.2 Å². The minimum atomic E-state index is -0.940. The average Bonchev–Trinajstić information content (AvgIpc) is 0.727. The summed E-state index contributed by atoms with van der Waals surface area (Å²) in [6.45, 7) is 24.1. The van der Waals surface area contributed by atoms with Crippen molar-refractivity contribution in [2.24, 2.45) is 5.73 Å². The van der Waals surface area contributed by atoms with Crippen LogP contribution < -0.4 is 82.2 Å². The van der Waals surface area contributed by atoms with Crippen molar-refractivity contribution in [1.29, 1.82) is 0 Å². The standard InChI is InChI=1S/C16H15Cl2FN4O3.C16H14ClFN4O2.C9H10N2O3.C9H14N2O.C8H7ClN2O2.C6H3Cl2FN2O.CH3O.Na/c1-7(2)11-12(10(26-3)4-5-20-11)21-16(25)23-15(24)8-6-9(19)14(18)22-13(8)17;1-7(2)11-12(8(3)4-5-19-11)22-14-9(15(23)21-16(22)24)6-10(18)13(17)20-14;1-6(2)8-9(11(12)13)7(14-3)4-5-10-8;1-6(2)9-8(10)7(12-3)4-5-11-9;1-5(2)7-8(11(12)13)6(9)3-4-10-7;7-4-2(6(10)12)1-3(9)5(8)11-4;1-2;/h4-7H,1-3H3,(H2,21,23,24,25);4-7H,1-3H3,(H,21,23,24);4-5H,1H2,2-3H3;4-6H,10H2,1-3H3;3-4H,1H2,2H3;1H,(H2,10,12);1H3;/q;;;;;;-1;+1. The number of nitrogens with two attached hydrogens (primary N) is 2. The van der Waals surface area contributed by atoms with E-state index in [9.17, 15) is 57.4 Å². The molecule has 0 fully saturated rings. The summed E-state index contributed by atoms with van der Waals surface area (Å²) in [7, 11) is 5.18. The van der Waals surface area contributed by atoms with Crippen molar-refractivity contribution in [2.75, 3.05) is 39.5 Å². The van der Waals surface area contributed by atoms with E-state index in [0.29, 0.717) is 57.0 Å². The maximum Gasteiger partial charge on any atom is 1.00 e. The summed E-state index contributed by atoms with van der Waals surface area (Å²) in [5.41, 5.74) is 14.4. The van der Waals surface area contributed by atoms with Crippen molar-refractivity contribution in [2.45, 2.75) is 80.1 Å². The van der Waals surface area contributed by atoms with E-state index in [4.69, 9.17) is 100 Å². The van der Waals surface area contributed by atoms with Crippen LogP contribution in [0.2, 0.25) is 30.8 Å². The van der Waals surface area contributed by atoms with Crippen molar-refractivity contribution in [3.63, 3.8) is 0 Å². The number of primary amides is 1. The molecule has 0 saturated carbocycles. The molecule has 39 heteroatoms. The number of hydrogen-bond donors (Lipinski definition) is 5. The Morgan fingerprint density at radius 3 is 1.52 bits per heavy atom. The van der Waals surface area contributed by atoms with E-state index < -0.39 is 66.7 Å². The Morgan fingerprint density at radius 1 is 0.615 bits per heavy atom. The van der Waals surface area contributed by atoms with Gasteiger partial charge in [-0.1, -0.05) is 124 Å². The van der Waals surface area contributed by atoms with Gasteiger partial charge in [-0.2, -0.15) is 7.11 Å². The first-order valence-corrected chi connectivity index (χ1v) is 31.5. The second-order valence-electron chi connectivity index (χ2n) is 21.4. The molecule has 0 aliphatic heterocycles. The zero-order valence-electron chi connectivity index (χ0n) is 57.9. The number of pyridine rings is 8. The minimum Gasteiger partial charge on any atom is -0.857 e. The third kappa shape index (κ3) is 24.3. The Balaban J connectivity index is 0.000000434. The number of nitrogens with zero attached hydrogens (tertiary/aromatic N) is 11. The summed E-state index contributed by atoms with van der Waals surface area (Å²) in [6, 6.07) is 9.66. The van der Waals surface area contributed by atoms with Crippen LogP contribution in [0, 0.1) is 44.6 Å². The molecule has 9 aromatic rings. The quantitative estimate of drug-likeness (QED) is 0.0292. The number of aromatic amines is 1. The van der Waals surface area contributed by atoms with Crippen LogP contribution in [0.1, 0.15) is 128 Å². The molecule has 0 aliphatic carbocycles. The third-order valence-electron chi connectivity index (χ3n) is 13.1. The Hall–Kier alpha value is -9.48. The SMILES string of the molecule is C=C(C)c1nccc(Cl)c1[N+](=O)[O-].C=C(C)c1nccc(OC)c1[N+](=O)[O-].COc1ccnc(C(C)C)c1N.COc1ccnc(C(C)C)c1NC(=O)NC(=O)c1cc(F)c(Cl)nc1Cl.C[O-].Cc1ccnc(C(C)C)c1-n1c(=O)[nH]c(=O)c2cc(F)c(Cl)nc21.NC(=O)c1cc(F)c(Cl)nc1Cl.[Na+]. The fraction of sp³-hybridized carbons (Fsp3) is 0.246. The van der Waals surface area contributed by atoms with Gasteiger partial charge in [0.25, 0.3) is 17.4 Å². The van der Waals surface area contributed by atoms with E-state index in [0.717, 1.165) is 36.6 Å². The Bertz CT molecular complexity index is 4770. The molecule has 104 heavy (non-hydrogen) atoms. The van der Waals surface area contributed by atoms with Crippen LogP contribution in [-0.2, 0) is 0 Å². The minimum absolute atomic E-state index is 0. The number of halogens is 9. The van der Waals surface area contributed by atoms with Gasteiger partial charge in [0.05, 0.1) is 76.1 Å². The second kappa shape index (κ2) is 42.3. The van der Waals surface area contributed by atoms with Crippen molar-refractivity contribution in [3.05, 3.63) is 227 Å². The summed E-state index contributed by atoms with van der Waals surface area (Å²) >= 11 is 33.4. The van der Waals surface area contributed by atoms with Gasteiger partial charge in [0.1, 0.15) is 43.9 Å². The molecule has 0 radical (unpaired) electrons. The van der Waals surface area contributed by atoms with Gasteiger partial charge in [0.2, 0.25) is 5.75 Å². The molecule has 0 atom stereocenters. The number of rotatable bonds is 14. The van der Waals surface area contributed by atoms with Gasteiger partial charge in [-0.3, -0.25) is 59.9 Å². The topological polar surface area (TPSA) is 422 Å². The van der Waals surface area contributed by atoms with E-state index >= 15 is 0 Å². The summed E-state index contributed by atoms with van der Waals surface area (Å²) in [4.78, 5) is 113. The molecule has 0 aromatic carbocycles. The number of aryl methyl sites for hydroxylation is 1. The molecular formula is C65H66Cl6F3N16NaO13. The predicted molar refractivity (Wildman–Crippen MR) is 386 cm³/mol. The van der Waals surface area contributed by atoms with Crippen molar-refractivity contribution in [1.82, 2.24) is 54.7 Å². The van der Waals surface area contributed by atoms with Crippen molar-refractivity contribution >= 4 is 132 Å². The number of anilines is 2. The molecule has 0 saturated heterocycles. The smallest absolute Gasteiger partial charge is 0.857 e. The van der Waals surface area contributed by atoms with Gasteiger partial charge in [-0.15, -0.1) is 0 Å². The fourth-order valence-electron chi connectivity index (χ4n) is 8.45. The van der Waals surface area contributed by atoms with Gasteiger partial charge >= 0.3 is 52.7 Å². The molecule has 29 nitrogen and oxygen atoms in total. The monoisotopic (exact) mass is 1570 g/mol. The summed E-state index contributed by atoms with van der Waals surface area (Å²) < 4.78 is 56.2. The molecule has 0 aliphatic rings. The van der Waals surface area contributed by atoms with E-state index in [-0.39, 0.29) is 113 Å². The number of imide groups is 1. The number of allylic oxidation sites excluding steroid dienone is 2. The van der Waals surface area contributed by atoms with Crippen LogP contribution >= 0.6 is 69.6 Å². The molecule has 548 valence electrons. The van der Waals surface area contributed by atoms with E-state index in [1.165, 1.54) is 43.3 Å². The summed E-state index contributed by atoms with van der Waals surface area (Å²) in [5, 5.41) is 32.4. The molecule has 7 N–H and O–H groups in total. The summed E-state index contributed by atoms with van der Waals surface area (Å²) in [5.74, 6) is -2.75. The number of ether oxygens (including phenoxy) is 3. The molecule has 9 aromatic heterocycles. The Morgan fingerprint density at radius 2 is 1.04 bits per heavy atom. The van der Waals surface area contributed by atoms with E-state index in [1.807, 2.05) is 39.9 Å². The Labute approximate surface area is 644 Å². The van der Waals surface area contributed by atoms with Crippen LogP contribution in [-0.4, -0.2) is 106 Å². The predicted octanol–water partition coefficient (Wildman–Crippen LogP) is 10.8. The van der Waals surface area contributed by atoms with Crippen molar-refractivity contribution in [3.8, 4) is 22.9 Å². The summed E-state index contributed by atoms with van der Waals surface area (Å²) in [6.07, 6.45) is 7.78. The third-order valence-corrected chi connectivity index (χ3v) is 14.8. The van der Waals surface area contributed by atoms with E-state index in [2.05, 4.69) is 77.2 Å². The maximum atomic E-state index is 13.7. The largest absolute Gasteiger partial charge is 1.00 e. The van der Waals surface area contributed by atoms with E-state index in [1.54, 1.807) is 57.7 Å². The molecule has 0 unspecified atom stereocenters. The van der Waals surface area contributed by atoms with Crippen LogP contribution in [0.4, 0.5) is 40.7 Å². The normalized spacial score (nSPS) is 10.2. The van der Waals surface area contributed by atoms with Crippen LogP contribution in [0.25, 0.3) is 27.9 Å². The number of nitrogens with one attached hydrogen (secondary N) is 3. The number of hydrogen-bond acceptors (Lipinski definition) is 22. The van der Waals surface area contributed by atoms with Crippen molar-refractivity contribution < 1.29 is 86.3 Å².